The zero-order valence-corrected chi connectivity index (χ0v) is 21.2. The van der Waals surface area contributed by atoms with E-state index in [0.29, 0.717) is 24.4 Å². The molecule has 0 saturated carbocycles. The summed E-state index contributed by atoms with van der Waals surface area (Å²) in [7, 11) is 0. The van der Waals surface area contributed by atoms with E-state index < -0.39 is 6.10 Å². The van der Waals surface area contributed by atoms with Crippen LogP contribution in [0.3, 0.4) is 0 Å². The van der Waals surface area contributed by atoms with Crippen LogP contribution in [0.4, 0.5) is 4.79 Å². The van der Waals surface area contributed by atoms with Crippen LogP contribution in [0.15, 0.2) is 36.4 Å². The second kappa shape index (κ2) is 10.2. The standard InChI is InChI=1S/C27H29N5O3S/c1-16(2)35-24-11-8-17(13-18(24)14-28)25-30-31-26(36-25)22-7-3-6-21-20(22)9-10-23(21)29-27(34)32-12-4-5-19(33)15-32/h3,6-8,11,13,16,19,23,33H,4-5,9-10,12,15H2,1-2H3,(H,29,34). The number of rotatable bonds is 5. The van der Waals surface area contributed by atoms with Crippen LogP contribution in [0.25, 0.3) is 21.1 Å². The lowest BCUT2D eigenvalue weighted by atomic mass is 10.0. The number of nitrogens with zero attached hydrogens (tertiary/aromatic N) is 4. The lowest BCUT2D eigenvalue weighted by molar-refractivity contribution is 0.0833. The van der Waals surface area contributed by atoms with Crippen molar-refractivity contribution in [1.82, 2.24) is 20.4 Å². The Morgan fingerprint density at radius 1 is 1.25 bits per heavy atom. The van der Waals surface area contributed by atoms with E-state index in [1.165, 1.54) is 16.9 Å². The van der Waals surface area contributed by atoms with E-state index in [2.05, 4.69) is 33.7 Å². The van der Waals surface area contributed by atoms with E-state index >= 15 is 0 Å². The van der Waals surface area contributed by atoms with Gasteiger partial charge in [0.05, 0.1) is 23.8 Å². The minimum atomic E-state index is -0.443. The number of likely N-dealkylation sites (tertiary alicyclic amines) is 1. The Bertz CT molecular complexity index is 1310. The van der Waals surface area contributed by atoms with Crippen molar-refractivity contribution in [1.29, 1.82) is 5.26 Å². The fourth-order valence-electron chi connectivity index (χ4n) is 4.94. The molecule has 36 heavy (non-hydrogen) atoms. The van der Waals surface area contributed by atoms with E-state index in [1.807, 2.05) is 32.0 Å². The van der Waals surface area contributed by atoms with Gasteiger partial charge in [-0.15, -0.1) is 10.2 Å². The number of ether oxygens (including phenoxy) is 1. The zero-order chi connectivity index (χ0) is 25.2. The molecule has 0 bridgehead atoms. The Kier molecular flexibility index (Phi) is 6.90. The summed E-state index contributed by atoms with van der Waals surface area (Å²) in [5.41, 5.74) is 4.62. The molecule has 1 saturated heterocycles. The van der Waals surface area contributed by atoms with Crippen molar-refractivity contribution in [2.24, 2.45) is 0 Å². The van der Waals surface area contributed by atoms with Crippen LogP contribution in [0.2, 0.25) is 0 Å². The van der Waals surface area contributed by atoms with E-state index in [9.17, 15) is 15.2 Å². The summed E-state index contributed by atoms with van der Waals surface area (Å²) >= 11 is 1.49. The SMILES string of the molecule is CC(C)Oc1ccc(-c2nnc(-c3cccc4c3CCC4NC(=O)N3CCCC(O)C3)s2)cc1C#N. The van der Waals surface area contributed by atoms with Crippen LogP contribution in [-0.4, -0.2) is 51.5 Å². The normalized spacial score (nSPS) is 19.1. The monoisotopic (exact) mass is 503 g/mol. The molecule has 5 rings (SSSR count). The van der Waals surface area contributed by atoms with Crippen molar-refractivity contribution < 1.29 is 14.6 Å². The first-order chi connectivity index (χ1) is 17.4. The molecule has 2 atom stereocenters. The quantitative estimate of drug-likeness (QED) is 0.523. The van der Waals surface area contributed by atoms with Crippen molar-refractivity contribution in [3.8, 4) is 33.0 Å². The Hall–Kier alpha value is -3.48. The van der Waals surface area contributed by atoms with Gasteiger partial charge in [-0.1, -0.05) is 29.5 Å². The second-order valence-electron chi connectivity index (χ2n) is 9.56. The number of aliphatic hydroxyl groups is 1. The number of hydrogen-bond donors (Lipinski definition) is 2. The van der Waals surface area contributed by atoms with Crippen molar-refractivity contribution in [2.75, 3.05) is 13.1 Å². The molecule has 1 aliphatic carbocycles. The number of carbonyl (C=O) groups is 1. The van der Waals surface area contributed by atoms with Gasteiger partial charge in [0.1, 0.15) is 21.8 Å². The number of urea groups is 1. The van der Waals surface area contributed by atoms with Gasteiger partial charge in [-0.2, -0.15) is 5.26 Å². The van der Waals surface area contributed by atoms with Crippen molar-refractivity contribution in [2.45, 2.75) is 57.8 Å². The molecule has 2 amide bonds. The number of carbonyl (C=O) groups excluding carboxylic acids is 1. The lowest BCUT2D eigenvalue weighted by Crippen LogP contribution is -2.47. The van der Waals surface area contributed by atoms with Crippen molar-refractivity contribution in [3.05, 3.63) is 53.1 Å². The van der Waals surface area contributed by atoms with E-state index in [0.717, 1.165) is 52.4 Å². The molecule has 2 heterocycles. The first-order valence-corrected chi connectivity index (χ1v) is 13.1. The summed E-state index contributed by atoms with van der Waals surface area (Å²) in [6.07, 6.45) is 2.77. The Balaban J connectivity index is 1.36. The maximum atomic E-state index is 12.8. The molecule has 1 aromatic heterocycles. The number of amides is 2. The molecule has 9 heteroatoms. The maximum Gasteiger partial charge on any atom is 0.317 e. The minimum Gasteiger partial charge on any atom is -0.490 e. The number of nitriles is 1. The molecule has 186 valence electrons. The van der Waals surface area contributed by atoms with Gasteiger partial charge in [-0.05, 0) is 68.9 Å². The second-order valence-corrected chi connectivity index (χ2v) is 10.5. The van der Waals surface area contributed by atoms with Gasteiger partial charge in [-0.25, -0.2) is 4.79 Å². The van der Waals surface area contributed by atoms with Gasteiger partial charge in [0.25, 0.3) is 0 Å². The van der Waals surface area contributed by atoms with Crippen molar-refractivity contribution >= 4 is 17.4 Å². The predicted molar refractivity (Wildman–Crippen MR) is 138 cm³/mol. The number of hydrogen-bond acceptors (Lipinski definition) is 7. The fraction of sp³-hybridized carbons (Fsp3) is 0.407. The van der Waals surface area contributed by atoms with E-state index in [4.69, 9.17) is 4.74 Å². The third-order valence-electron chi connectivity index (χ3n) is 6.62. The molecule has 2 aliphatic rings. The highest BCUT2D eigenvalue weighted by atomic mass is 32.1. The van der Waals surface area contributed by atoms with Crippen LogP contribution >= 0.6 is 11.3 Å². The highest BCUT2D eigenvalue weighted by Gasteiger charge is 2.30. The van der Waals surface area contributed by atoms with Crippen LogP contribution in [0, 0.1) is 11.3 Å². The summed E-state index contributed by atoms with van der Waals surface area (Å²) in [6, 6.07) is 13.6. The minimum absolute atomic E-state index is 0.0173. The molecule has 1 aliphatic heterocycles. The average molecular weight is 504 g/mol. The van der Waals surface area contributed by atoms with E-state index in [1.54, 1.807) is 11.0 Å². The summed E-state index contributed by atoms with van der Waals surface area (Å²) in [5.74, 6) is 0.564. The highest BCUT2D eigenvalue weighted by Crippen LogP contribution is 2.40. The summed E-state index contributed by atoms with van der Waals surface area (Å²) in [6.45, 7) is 4.92. The zero-order valence-electron chi connectivity index (χ0n) is 20.4. The Labute approximate surface area is 214 Å². The van der Waals surface area contributed by atoms with Crippen LogP contribution in [0.1, 0.15) is 55.8 Å². The van der Waals surface area contributed by atoms with Gasteiger partial charge >= 0.3 is 6.03 Å². The highest BCUT2D eigenvalue weighted by molar-refractivity contribution is 7.17. The molecule has 3 aromatic rings. The third kappa shape index (κ3) is 4.92. The average Bonchev–Trinajstić information content (AvgIpc) is 3.52. The third-order valence-corrected chi connectivity index (χ3v) is 7.62. The number of β-amino-alcohol motifs (C(OH)–C–C–N with tert-alkyl or cyclic N) is 1. The molecular weight excluding hydrogens is 474 g/mol. The fourth-order valence-corrected chi connectivity index (χ4v) is 5.83. The molecular formula is C27H29N5O3S. The lowest BCUT2D eigenvalue weighted by Gasteiger charge is -2.31. The number of benzene rings is 2. The van der Waals surface area contributed by atoms with E-state index in [-0.39, 0.29) is 18.2 Å². The molecule has 8 nitrogen and oxygen atoms in total. The topological polar surface area (TPSA) is 111 Å². The maximum absolute atomic E-state index is 12.8. The first-order valence-electron chi connectivity index (χ1n) is 12.3. The largest absolute Gasteiger partial charge is 0.490 e. The van der Waals surface area contributed by atoms with Crippen LogP contribution in [0.5, 0.6) is 5.75 Å². The predicted octanol–water partition coefficient (Wildman–Crippen LogP) is 4.68. The number of nitrogens with one attached hydrogen (secondary N) is 1. The summed E-state index contributed by atoms with van der Waals surface area (Å²) < 4.78 is 5.73. The van der Waals surface area contributed by atoms with Gasteiger partial charge in [0.2, 0.25) is 0 Å². The molecule has 0 radical (unpaired) electrons. The summed E-state index contributed by atoms with van der Waals surface area (Å²) in [5, 5.41) is 33.1. The molecule has 2 unspecified atom stereocenters. The van der Waals surface area contributed by atoms with Gasteiger partial charge in [0, 0.05) is 24.2 Å². The van der Waals surface area contributed by atoms with Gasteiger partial charge in [0.15, 0.2) is 0 Å². The smallest absolute Gasteiger partial charge is 0.317 e. The molecule has 0 spiro atoms. The first kappa shape index (κ1) is 24.2. The van der Waals surface area contributed by atoms with Gasteiger partial charge in [-0.3, -0.25) is 0 Å². The Morgan fingerprint density at radius 2 is 2.08 bits per heavy atom. The number of aromatic nitrogens is 2. The number of aliphatic hydroxyl groups excluding tert-OH is 1. The molecule has 2 N–H and O–H groups in total. The molecule has 2 aromatic carbocycles. The van der Waals surface area contributed by atoms with Crippen LogP contribution in [-0.2, 0) is 6.42 Å². The Morgan fingerprint density at radius 3 is 2.86 bits per heavy atom. The van der Waals surface area contributed by atoms with Crippen molar-refractivity contribution in [3.63, 3.8) is 0 Å². The number of piperidine rings is 1. The van der Waals surface area contributed by atoms with Crippen LogP contribution < -0.4 is 10.1 Å². The summed E-state index contributed by atoms with van der Waals surface area (Å²) in [4.78, 5) is 14.5. The van der Waals surface area contributed by atoms with Gasteiger partial charge < -0.3 is 20.1 Å². The molecule has 1 fully saturated rings. The number of fused-ring (bicyclic) bond motifs is 1.